The third-order valence-electron chi connectivity index (χ3n) is 3.35. The summed E-state index contributed by atoms with van der Waals surface area (Å²) in [4.78, 5) is 0. The van der Waals surface area contributed by atoms with Crippen LogP contribution >= 0.6 is 15.9 Å². The number of aryl methyl sites for hydroxylation is 1. The van der Waals surface area contributed by atoms with Gasteiger partial charge in [0.1, 0.15) is 0 Å². The smallest absolute Gasteiger partial charge is 0.0384 e. The van der Waals surface area contributed by atoms with Gasteiger partial charge in [-0.2, -0.15) is 0 Å². The summed E-state index contributed by atoms with van der Waals surface area (Å²) >= 11 is 3.60. The zero-order valence-corrected chi connectivity index (χ0v) is 11.1. The standard InChI is InChI=1S/C12H19BrN2/c1-9-6-12(13)10(2)15(9)8-11-4-3-5-14-7-11/h6,11,14H,3-5,7-8H2,1-2H3. The second-order valence-corrected chi connectivity index (χ2v) is 5.40. The molecule has 1 aromatic heterocycles. The molecule has 0 aromatic carbocycles. The van der Waals surface area contributed by atoms with E-state index in [4.69, 9.17) is 0 Å². The lowest BCUT2D eigenvalue weighted by Gasteiger charge is -2.24. The normalized spacial score (nSPS) is 21.9. The number of hydrogen-bond acceptors (Lipinski definition) is 1. The van der Waals surface area contributed by atoms with Crippen molar-refractivity contribution in [2.75, 3.05) is 13.1 Å². The number of hydrogen-bond donors (Lipinski definition) is 1. The van der Waals surface area contributed by atoms with Crippen LogP contribution in [-0.2, 0) is 6.54 Å². The summed E-state index contributed by atoms with van der Waals surface area (Å²) in [5.41, 5.74) is 2.73. The molecule has 1 unspecified atom stereocenters. The molecule has 0 spiro atoms. The third-order valence-corrected chi connectivity index (χ3v) is 4.15. The number of rotatable bonds is 2. The summed E-state index contributed by atoms with van der Waals surface area (Å²) < 4.78 is 3.67. The van der Waals surface area contributed by atoms with Gasteiger partial charge < -0.3 is 9.88 Å². The lowest BCUT2D eigenvalue weighted by atomic mass is 9.99. The molecule has 2 heterocycles. The van der Waals surface area contributed by atoms with E-state index >= 15 is 0 Å². The molecule has 84 valence electrons. The molecule has 1 aliphatic rings. The van der Waals surface area contributed by atoms with Crippen molar-refractivity contribution in [1.82, 2.24) is 9.88 Å². The number of halogens is 1. The molecular formula is C12H19BrN2. The summed E-state index contributed by atoms with van der Waals surface area (Å²) in [6.07, 6.45) is 2.69. The zero-order chi connectivity index (χ0) is 10.8. The van der Waals surface area contributed by atoms with Crippen LogP contribution in [0, 0.1) is 19.8 Å². The predicted octanol–water partition coefficient (Wildman–Crippen LogP) is 2.87. The Bertz CT molecular complexity index is 338. The molecule has 0 aliphatic carbocycles. The maximum absolute atomic E-state index is 3.60. The van der Waals surface area contributed by atoms with Gasteiger partial charge in [-0.25, -0.2) is 0 Å². The Labute approximate surface area is 100 Å². The molecule has 15 heavy (non-hydrogen) atoms. The van der Waals surface area contributed by atoms with Crippen LogP contribution in [0.25, 0.3) is 0 Å². The minimum atomic E-state index is 0.801. The van der Waals surface area contributed by atoms with Crippen LogP contribution in [0.2, 0.25) is 0 Å². The van der Waals surface area contributed by atoms with Crippen molar-refractivity contribution < 1.29 is 0 Å². The van der Waals surface area contributed by atoms with E-state index in [0.717, 1.165) is 12.5 Å². The second kappa shape index (κ2) is 4.71. The molecule has 1 atom stereocenters. The monoisotopic (exact) mass is 270 g/mol. The van der Waals surface area contributed by atoms with Crippen LogP contribution in [0.3, 0.4) is 0 Å². The zero-order valence-electron chi connectivity index (χ0n) is 9.52. The van der Waals surface area contributed by atoms with E-state index < -0.39 is 0 Å². The van der Waals surface area contributed by atoms with E-state index in [2.05, 4.69) is 45.7 Å². The summed E-state index contributed by atoms with van der Waals surface area (Å²) in [5.74, 6) is 0.801. The molecule has 1 aliphatic heterocycles. The van der Waals surface area contributed by atoms with E-state index in [1.807, 2.05) is 0 Å². The van der Waals surface area contributed by atoms with Crippen molar-refractivity contribution >= 4 is 15.9 Å². The SMILES string of the molecule is Cc1cc(Br)c(C)n1CC1CCCNC1. The molecule has 0 bridgehead atoms. The number of nitrogens with one attached hydrogen (secondary N) is 1. The Morgan fingerprint density at radius 2 is 2.33 bits per heavy atom. The number of nitrogens with zero attached hydrogens (tertiary/aromatic N) is 1. The van der Waals surface area contributed by atoms with Gasteiger partial charge in [-0.15, -0.1) is 0 Å². The van der Waals surface area contributed by atoms with Crippen LogP contribution in [-0.4, -0.2) is 17.7 Å². The first-order chi connectivity index (χ1) is 7.18. The Balaban J connectivity index is 2.09. The van der Waals surface area contributed by atoms with Crippen molar-refractivity contribution in [3.8, 4) is 0 Å². The molecule has 0 amide bonds. The molecular weight excluding hydrogens is 252 g/mol. The van der Waals surface area contributed by atoms with E-state index in [1.165, 1.54) is 41.8 Å². The Hall–Kier alpha value is -0.280. The van der Waals surface area contributed by atoms with Crippen LogP contribution in [0.1, 0.15) is 24.2 Å². The first-order valence-corrected chi connectivity index (χ1v) is 6.50. The lowest BCUT2D eigenvalue weighted by molar-refractivity contribution is 0.333. The second-order valence-electron chi connectivity index (χ2n) is 4.54. The summed E-state index contributed by atoms with van der Waals surface area (Å²) in [6.45, 7) is 7.91. The minimum absolute atomic E-state index is 0.801. The van der Waals surface area contributed by atoms with Crippen LogP contribution in [0.5, 0.6) is 0 Å². The van der Waals surface area contributed by atoms with Gasteiger partial charge in [0.15, 0.2) is 0 Å². The van der Waals surface area contributed by atoms with Gasteiger partial charge in [-0.05, 0) is 67.7 Å². The average Bonchev–Trinajstić information content (AvgIpc) is 2.47. The number of aromatic nitrogens is 1. The van der Waals surface area contributed by atoms with Crippen molar-refractivity contribution in [3.63, 3.8) is 0 Å². The van der Waals surface area contributed by atoms with Gasteiger partial charge in [-0.1, -0.05) is 0 Å². The topological polar surface area (TPSA) is 17.0 Å². The van der Waals surface area contributed by atoms with E-state index in [-0.39, 0.29) is 0 Å². The Morgan fingerprint density at radius 1 is 1.53 bits per heavy atom. The van der Waals surface area contributed by atoms with Gasteiger partial charge >= 0.3 is 0 Å². The van der Waals surface area contributed by atoms with E-state index in [1.54, 1.807) is 0 Å². The van der Waals surface area contributed by atoms with Gasteiger partial charge in [0.2, 0.25) is 0 Å². The molecule has 1 saturated heterocycles. The summed E-state index contributed by atoms with van der Waals surface area (Å²) in [7, 11) is 0. The fraction of sp³-hybridized carbons (Fsp3) is 0.667. The van der Waals surface area contributed by atoms with Gasteiger partial charge in [-0.3, -0.25) is 0 Å². The van der Waals surface area contributed by atoms with E-state index in [0.29, 0.717) is 0 Å². The summed E-state index contributed by atoms with van der Waals surface area (Å²) in [6, 6.07) is 2.21. The number of piperidine rings is 1. The van der Waals surface area contributed by atoms with Gasteiger partial charge in [0, 0.05) is 22.4 Å². The maximum atomic E-state index is 3.60. The highest BCUT2D eigenvalue weighted by molar-refractivity contribution is 9.10. The Kier molecular flexibility index (Phi) is 3.52. The molecule has 2 rings (SSSR count). The van der Waals surface area contributed by atoms with Gasteiger partial charge in [0.25, 0.3) is 0 Å². The largest absolute Gasteiger partial charge is 0.348 e. The molecule has 1 N–H and O–H groups in total. The van der Waals surface area contributed by atoms with Crippen LogP contribution in [0.4, 0.5) is 0 Å². The highest BCUT2D eigenvalue weighted by Gasteiger charge is 2.16. The maximum Gasteiger partial charge on any atom is 0.0384 e. The highest BCUT2D eigenvalue weighted by Crippen LogP contribution is 2.23. The van der Waals surface area contributed by atoms with E-state index in [9.17, 15) is 0 Å². The fourth-order valence-corrected chi connectivity index (χ4v) is 2.92. The molecule has 1 fully saturated rings. The van der Waals surface area contributed by atoms with Crippen molar-refractivity contribution in [1.29, 1.82) is 0 Å². The first kappa shape index (κ1) is 11.2. The fourth-order valence-electron chi connectivity index (χ4n) is 2.38. The predicted molar refractivity (Wildman–Crippen MR) is 67.2 cm³/mol. The lowest BCUT2D eigenvalue weighted by Crippen LogP contribution is -2.32. The minimum Gasteiger partial charge on any atom is -0.348 e. The van der Waals surface area contributed by atoms with Crippen molar-refractivity contribution in [3.05, 3.63) is 21.9 Å². The molecule has 1 aromatic rings. The van der Waals surface area contributed by atoms with Crippen LogP contribution in [0.15, 0.2) is 10.5 Å². The first-order valence-electron chi connectivity index (χ1n) is 5.71. The third kappa shape index (κ3) is 2.45. The van der Waals surface area contributed by atoms with Crippen LogP contribution < -0.4 is 5.32 Å². The summed E-state index contributed by atoms with van der Waals surface area (Å²) in [5, 5.41) is 3.48. The Morgan fingerprint density at radius 3 is 2.87 bits per heavy atom. The quantitative estimate of drug-likeness (QED) is 0.875. The highest BCUT2D eigenvalue weighted by atomic mass is 79.9. The molecule has 2 nitrogen and oxygen atoms in total. The average molecular weight is 271 g/mol. The molecule has 0 saturated carbocycles. The van der Waals surface area contributed by atoms with Gasteiger partial charge in [0.05, 0.1) is 0 Å². The molecule has 3 heteroatoms. The van der Waals surface area contributed by atoms with Crippen molar-refractivity contribution in [2.45, 2.75) is 33.2 Å². The molecule has 0 radical (unpaired) electrons. The van der Waals surface area contributed by atoms with Crippen molar-refractivity contribution in [2.24, 2.45) is 5.92 Å².